The minimum Gasteiger partial charge on any atom is -0.461 e. The van der Waals surface area contributed by atoms with Crippen molar-refractivity contribution >= 4 is 5.97 Å². The van der Waals surface area contributed by atoms with Crippen LogP contribution in [0.15, 0.2) is 11.6 Å². The molecule has 132 valence electrons. The average Bonchev–Trinajstić information content (AvgIpc) is 3.03. The third kappa shape index (κ3) is 1.85. The van der Waals surface area contributed by atoms with Crippen LogP contribution in [-0.4, -0.2) is 23.3 Å². The Morgan fingerprint density at radius 3 is 2.83 bits per heavy atom. The molecule has 0 radical (unpaired) electrons. The van der Waals surface area contributed by atoms with Crippen LogP contribution in [0.4, 0.5) is 0 Å². The molecule has 0 aromatic rings. The third-order valence-corrected chi connectivity index (χ3v) is 8.84. The van der Waals surface area contributed by atoms with Gasteiger partial charge in [0.1, 0.15) is 6.10 Å². The van der Waals surface area contributed by atoms with Crippen molar-refractivity contribution in [2.24, 2.45) is 34.5 Å². The standard InChI is InChI=1S/C21H30O3/c1-20-7-5-14(22)11-13(20)3-4-15-16(20)6-8-21(2)17(15)9-12-10-18(23)24-19(12)21/h3,12,14-17,19,22H,4-11H2,1-2H3/t12-,14+,15+,16-,17-,19-,20-,21-/m0/s1. The molecule has 3 heteroatoms. The molecule has 3 nitrogen and oxygen atoms in total. The zero-order valence-electron chi connectivity index (χ0n) is 15.0. The van der Waals surface area contributed by atoms with Crippen LogP contribution in [0.25, 0.3) is 0 Å². The van der Waals surface area contributed by atoms with Gasteiger partial charge in [0.25, 0.3) is 0 Å². The predicted molar refractivity (Wildman–Crippen MR) is 91.1 cm³/mol. The Morgan fingerprint density at radius 1 is 1.17 bits per heavy atom. The smallest absolute Gasteiger partial charge is 0.306 e. The molecule has 0 spiro atoms. The van der Waals surface area contributed by atoms with Crippen molar-refractivity contribution in [3.8, 4) is 0 Å². The lowest BCUT2D eigenvalue weighted by Crippen LogP contribution is -2.51. The minimum absolute atomic E-state index is 0.0332. The van der Waals surface area contributed by atoms with Crippen molar-refractivity contribution in [3.05, 3.63) is 11.6 Å². The van der Waals surface area contributed by atoms with Gasteiger partial charge >= 0.3 is 5.97 Å². The molecule has 4 fully saturated rings. The number of rotatable bonds is 0. The fourth-order valence-corrected chi connectivity index (χ4v) is 7.60. The molecule has 3 saturated carbocycles. The summed E-state index contributed by atoms with van der Waals surface area (Å²) in [6, 6.07) is 0. The van der Waals surface area contributed by atoms with Crippen molar-refractivity contribution in [3.63, 3.8) is 0 Å². The quantitative estimate of drug-likeness (QED) is 0.542. The van der Waals surface area contributed by atoms with Crippen LogP contribution in [0.2, 0.25) is 0 Å². The van der Waals surface area contributed by atoms with Gasteiger partial charge in [-0.2, -0.15) is 0 Å². The Morgan fingerprint density at radius 2 is 2.00 bits per heavy atom. The van der Waals surface area contributed by atoms with Crippen LogP contribution in [0.5, 0.6) is 0 Å². The molecule has 1 saturated heterocycles. The number of allylic oxidation sites excluding steroid dienone is 1. The lowest BCUT2D eigenvalue weighted by atomic mass is 9.48. The summed E-state index contributed by atoms with van der Waals surface area (Å²) in [6.45, 7) is 4.88. The molecule has 24 heavy (non-hydrogen) atoms. The molecule has 4 aliphatic carbocycles. The van der Waals surface area contributed by atoms with E-state index in [1.165, 1.54) is 31.3 Å². The Bertz CT molecular complexity index is 610. The molecule has 0 bridgehead atoms. The summed E-state index contributed by atoms with van der Waals surface area (Å²) in [5.74, 6) is 2.72. The fourth-order valence-electron chi connectivity index (χ4n) is 7.60. The summed E-state index contributed by atoms with van der Waals surface area (Å²) in [4.78, 5) is 11.8. The van der Waals surface area contributed by atoms with Gasteiger partial charge in [0.2, 0.25) is 0 Å². The monoisotopic (exact) mass is 330 g/mol. The predicted octanol–water partition coefficient (Wildman–Crippen LogP) is 3.85. The van der Waals surface area contributed by atoms with E-state index in [4.69, 9.17) is 4.74 Å². The second-order valence-electron chi connectivity index (χ2n) is 9.81. The van der Waals surface area contributed by atoms with Crippen LogP contribution in [0.1, 0.15) is 65.2 Å². The van der Waals surface area contributed by atoms with Gasteiger partial charge in [0.05, 0.1) is 12.5 Å². The largest absolute Gasteiger partial charge is 0.461 e. The fraction of sp³-hybridized carbons (Fsp3) is 0.857. The highest BCUT2D eigenvalue weighted by molar-refractivity contribution is 5.72. The number of hydrogen-bond donors (Lipinski definition) is 1. The van der Waals surface area contributed by atoms with E-state index in [1.54, 1.807) is 0 Å². The van der Waals surface area contributed by atoms with Crippen molar-refractivity contribution in [1.29, 1.82) is 0 Å². The van der Waals surface area contributed by atoms with Gasteiger partial charge in [-0.25, -0.2) is 0 Å². The van der Waals surface area contributed by atoms with Gasteiger partial charge in [-0.15, -0.1) is 0 Å². The third-order valence-electron chi connectivity index (χ3n) is 8.84. The van der Waals surface area contributed by atoms with Gasteiger partial charge in [0, 0.05) is 11.3 Å². The van der Waals surface area contributed by atoms with E-state index in [1.807, 2.05) is 0 Å². The topological polar surface area (TPSA) is 46.5 Å². The van der Waals surface area contributed by atoms with E-state index in [9.17, 15) is 9.90 Å². The molecular formula is C21H30O3. The number of aliphatic hydroxyl groups excluding tert-OH is 1. The SMILES string of the molecule is C[C@]12CC[C@H]3[C@@H](CC=C4C[C@H](O)CC[C@@]43C)[C@@H]1C[C@H]1CC(=O)O[C@@H]12. The van der Waals surface area contributed by atoms with Gasteiger partial charge in [0.15, 0.2) is 0 Å². The summed E-state index contributed by atoms with van der Waals surface area (Å²) < 4.78 is 5.80. The number of fused-ring (bicyclic) bond motifs is 7. The van der Waals surface area contributed by atoms with Gasteiger partial charge in [-0.1, -0.05) is 25.5 Å². The van der Waals surface area contributed by atoms with Crippen molar-refractivity contribution in [2.45, 2.75) is 77.4 Å². The normalized spacial score (nSPS) is 55.8. The minimum atomic E-state index is -0.125. The van der Waals surface area contributed by atoms with Crippen LogP contribution in [-0.2, 0) is 9.53 Å². The number of carbonyl (C=O) groups excluding carboxylic acids is 1. The van der Waals surface area contributed by atoms with E-state index >= 15 is 0 Å². The molecule has 0 amide bonds. The number of hydrogen-bond acceptors (Lipinski definition) is 3. The first kappa shape index (κ1) is 15.4. The van der Waals surface area contributed by atoms with E-state index in [-0.39, 0.29) is 23.6 Å². The van der Waals surface area contributed by atoms with Crippen LogP contribution < -0.4 is 0 Å². The van der Waals surface area contributed by atoms with E-state index in [0.29, 0.717) is 23.7 Å². The summed E-state index contributed by atoms with van der Waals surface area (Å²) in [6.07, 6.45) is 11.0. The number of aliphatic hydroxyl groups is 1. The molecule has 0 unspecified atom stereocenters. The number of carbonyl (C=O) groups is 1. The van der Waals surface area contributed by atoms with Gasteiger partial charge < -0.3 is 9.84 Å². The first-order chi connectivity index (χ1) is 11.4. The van der Waals surface area contributed by atoms with E-state index < -0.39 is 0 Å². The summed E-state index contributed by atoms with van der Waals surface area (Å²) in [5.41, 5.74) is 2.04. The Kier molecular flexibility index (Phi) is 3.13. The van der Waals surface area contributed by atoms with Crippen LogP contribution in [0, 0.1) is 34.5 Å². The summed E-state index contributed by atoms with van der Waals surface area (Å²) >= 11 is 0. The Balaban J connectivity index is 1.48. The zero-order chi connectivity index (χ0) is 16.7. The summed E-state index contributed by atoms with van der Waals surface area (Å²) in [7, 11) is 0. The Labute approximate surface area is 144 Å². The molecular weight excluding hydrogens is 300 g/mol. The van der Waals surface area contributed by atoms with Crippen molar-refractivity contribution in [2.75, 3.05) is 0 Å². The second kappa shape index (κ2) is 4.87. The van der Waals surface area contributed by atoms with Gasteiger partial charge in [-0.3, -0.25) is 4.79 Å². The van der Waals surface area contributed by atoms with Crippen LogP contribution >= 0.6 is 0 Å². The molecule has 0 aromatic carbocycles. The van der Waals surface area contributed by atoms with E-state index in [0.717, 1.165) is 31.1 Å². The first-order valence-electron chi connectivity index (χ1n) is 9.99. The maximum Gasteiger partial charge on any atom is 0.306 e. The highest BCUT2D eigenvalue weighted by atomic mass is 16.6. The first-order valence-corrected chi connectivity index (χ1v) is 9.99. The van der Waals surface area contributed by atoms with E-state index in [2.05, 4.69) is 19.9 Å². The molecule has 5 rings (SSSR count). The molecule has 1 heterocycles. The molecule has 1 N–H and O–H groups in total. The summed E-state index contributed by atoms with van der Waals surface area (Å²) in [5, 5.41) is 10.1. The second-order valence-corrected chi connectivity index (χ2v) is 9.81. The maximum atomic E-state index is 11.8. The average molecular weight is 330 g/mol. The van der Waals surface area contributed by atoms with Crippen LogP contribution in [0.3, 0.4) is 0 Å². The zero-order valence-corrected chi connectivity index (χ0v) is 15.0. The van der Waals surface area contributed by atoms with Crippen molar-refractivity contribution in [1.82, 2.24) is 0 Å². The number of ether oxygens (including phenoxy) is 1. The highest BCUT2D eigenvalue weighted by Crippen LogP contribution is 2.67. The maximum absolute atomic E-state index is 11.8. The van der Waals surface area contributed by atoms with Crippen molar-refractivity contribution < 1.29 is 14.6 Å². The van der Waals surface area contributed by atoms with Gasteiger partial charge in [-0.05, 0) is 68.1 Å². The highest BCUT2D eigenvalue weighted by Gasteiger charge is 2.63. The molecule has 5 aliphatic rings. The number of esters is 1. The lowest BCUT2D eigenvalue weighted by Gasteiger charge is -2.57. The molecule has 0 aromatic heterocycles. The lowest BCUT2D eigenvalue weighted by molar-refractivity contribution is -0.151. The molecule has 1 aliphatic heterocycles. The Hall–Kier alpha value is -0.830. The molecule has 8 atom stereocenters.